The number of carbonyl (C=O) groups is 1. The number of halogens is 1. The molecule has 3 unspecified atom stereocenters. The van der Waals surface area contributed by atoms with E-state index in [1.807, 2.05) is 12.3 Å². The summed E-state index contributed by atoms with van der Waals surface area (Å²) < 4.78 is 3.05. The highest BCUT2D eigenvalue weighted by Gasteiger charge is 2.48. The van der Waals surface area contributed by atoms with Crippen molar-refractivity contribution in [3.63, 3.8) is 0 Å². The van der Waals surface area contributed by atoms with E-state index >= 15 is 0 Å². The van der Waals surface area contributed by atoms with E-state index in [1.54, 1.807) is 4.90 Å². The van der Waals surface area contributed by atoms with Crippen LogP contribution >= 0.6 is 15.9 Å². The molecule has 0 aromatic carbocycles. The van der Waals surface area contributed by atoms with E-state index in [-0.39, 0.29) is 12.1 Å². The van der Waals surface area contributed by atoms with Crippen LogP contribution in [0.25, 0.3) is 10.9 Å². The molecule has 2 aliphatic rings. The molecule has 5 nitrogen and oxygen atoms in total. The molecular formula is C15H16BrN3O2. The lowest BCUT2D eigenvalue weighted by Gasteiger charge is -2.22. The molecular weight excluding hydrogens is 334 g/mol. The van der Waals surface area contributed by atoms with E-state index in [2.05, 4.69) is 37.7 Å². The Kier molecular flexibility index (Phi) is 2.96. The third-order valence-corrected chi connectivity index (χ3v) is 5.38. The Labute approximate surface area is 130 Å². The molecule has 110 valence electrons. The summed E-state index contributed by atoms with van der Waals surface area (Å²) in [5.74, 6) is 0.416. The smallest absolute Gasteiger partial charge is 0.407 e. The second kappa shape index (κ2) is 4.73. The van der Waals surface area contributed by atoms with Crippen LogP contribution < -0.4 is 0 Å². The molecule has 4 rings (SSSR count). The standard InChI is InChI=1S/C15H16BrN3O2/c16-14-6-9-3-4-18(13(9)7-17-14)8-10-5-11-1-2-12(10)19(11)15(20)21/h3-4,6-7,10-12H,1-2,5,8H2,(H,20,21). The third-order valence-electron chi connectivity index (χ3n) is 4.94. The highest BCUT2D eigenvalue weighted by atomic mass is 79.9. The van der Waals surface area contributed by atoms with Crippen molar-refractivity contribution in [2.45, 2.75) is 37.9 Å². The highest BCUT2D eigenvalue weighted by Crippen LogP contribution is 2.42. The van der Waals surface area contributed by atoms with Gasteiger partial charge in [0.05, 0.1) is 11.7 Å². The van der Waals surface area contributed by atoms with Gasteiger partial charge in [-0.05, 0) is 53.2 Å². The number of rotatable bonds is 2. The van der Waals surface area contributed by atoms with Crippen LogP contribution in [0, 0.1) is 5.92 Å². The Bertz CT molecular complexity index is 714. The predicted molar refractivity (Wildman–Crippen MR) is 82.2 cm³/mol. The molecule has 21 heavy (non-hydrogen) atoms. The summed E-state index contributed by atoms with van der Waals surface area (Å²) >= 11 is 3.39. The van der Waals surface area contributed by atoms with Gasteiger partial charge in [0.25, 0.3) is 0 Å². The van der Waals surface area contributed by atoms with Crippen molar-refractivity contribution < 1.29 is 9.90 Å². The van der Waals surface area contributed by atoms with Gasteiger partial charge in [-0.15, -0.1) is 0 Å². The van der Waals surface area contributed by atoms with E-state index in [9.17, 15) is 9.90 Å². The average Bonchev–Trinajstić information content (AvgIpc) is 3.11. The minimum atomic E-state index is -0.757. The number of hydrogen-bond donors (Lipinski definition) is 1. The molecule has 2 bridgehead atoms. The zero-order valence-electron chi connectivity index (χ0n) is 11.4. The maximum absolute atomic E-state index is 11.4. The number of fused-ring (bicyclic) bond motifs is 3. The molecule has 2 saturated heterocycles. The fraction of sp³-hybridized carbons (Fsp3) is 0.467. The van der Waals surface area contributed by atoms with Gasteiger partial charge >= 0.3 is 6.09 Å². The second-order valence-electron chi connectivity index (χ2n) is 6.02. The fourth-order valence-corrected chi connectivity index (χ4v) is 4.43. The molecule has 1 N–H and O–H groups in total. The maximum Gasteiger partial charge on any atom is 0.407 e. The van der Waals surface area contributed by atoms with Gasteiger partial charge in [0.2, 0.25) is 0 Å². The van der Waals surface area contributed by atoms with Crippen molar-refractivity contribution in [1.29, 1.82) is 0 Å². The monoisotopic (exact) mass is 349 g/mol. The topological polar surface area (TPSA) is 58.4 Å². The van der Waals surface area contributed by atoms with Crippen LogP contribution in [-0.4, -0.2) is 37.7 Å². The molecule has 3 atom stereocenters. The van der Waals surface area contributed by atoms with Crippen molar-refractivity contribution in [2.75, 3.05) is 0 Å². The quantitative estimate of drug-likeness (QED) is 0.846. The second-order valence-corrected chi connectivity index (χ2v) is 6.83. The van der Waals surface area contributed by atoms with Crippen LogP contribution in [-0.2, 0) is 6.54 Å². The third kappa shape index (κ3) is 2.04. The SMILES string of the molecule is O=C(O)N1C2CCC1C(Cn1ccc3cc(Br)ncc31)C2. The van der Waals surface area contributed by atoms with Crippen molar-refractivity contribution in [3.8, 4) is 0 Å². The Morgan fingerprint density at radius 3 is 3.10 bits per heavy atom. The summed E-state index contributed by atoms with van der Waals surface area (Å²) in [4.78, 5) is 17.3. The Balaban J connectivity index is 1.60. The van der Waals surface area contributed by atoms with Gasteiger partial charge in [0.15, 0.2) is 0 Å². The molecule has 0 saturated carbocycles. The Morgan fingerprint density at radius 2 is 2.33 bits per heavy atom. The van der Waals surface area contributed by atoms with Crippen molar-refractivity contribution >= 4 is 32.9 Å². The minimum Gasteiger partial charge on any atom is -0.465 e. The normalized spacial score (nSPS) is 27.7. The summed E-state index contributed by atoms with van der Waals surface area (Å²) in [5, 5.41) is 10.5. The molecule has 2 fully saturated rings. The summed E-state index contributed by atoms with van der Waals surface area (Å²) in [5.41, 5.74) is 1.11. The van der Waals surface area contributed by atoms with E-state index in [0.717, 1.165) is 41.3 Å². The number of carboxylic acid groups (broad SMARTS) is 1. The first-order valence-electron chi connectivity index (χ1n) is 7.25. The zero-order chi connectivity index (χ0) is 14.6. The van der Waals surface area contributed by atoms with Crippen LogP contribution in [0.5, 0.6) is 0 Å². The zero-order valence-corrected chi connectivity index (χ0v) is 13.0. The van der Waals surface area contributed by atoms with E-state index < -0.39 is 6.09 Å². The number of amides is 1. The van der Waals surface area contributed by atoms with Crippen LogP contribution in [0.15, 0.2) is 29.1 Å². The summed E-state index contributed by atoms with van der Waals surface area (Å²) in [6.45, 7) is 0.873. The van der Waals surface area contributed by atoms with E-state index in [4.69, 9.17) is 0 Å². The summed E-state index contributed by atoms with van der Waals surface area (Å²) in [6, 6.07) is 4.51. The molecule has 0 spiro atoms. The summed E-state index contributed by atoms with van der Waals surface area (Å²) in [6.07, 6.45) is 6.21. The van der Waals surface area contributed by atoms with Gasteiger partial charge in [-0.2, -0.15) is 0 Å². The van der Waals surface area contributed by atoms with Crippen LogP contribution in [0.2, 0.25) is 0 Å². The average molecular weight is 350 g/mol. The van der Waals surface area contributed by atoms with Gasteiger partial charge in [-0.3, -0.25) is 0 Å². The first-order chi connectivity index (χ1) is 10.1. The molecule has 2 aliphatic heterocycles. The van der Waals surface area contributed by atoms with E-state index in [0.29, 0.717) is 5.92 Å². The highest BCUT2D eigenvalue weighted by molar-refractivity contribution is 9.10. The molecule has 1 amide bonds. The molecule has 2 aromatic heterocycles. The predicted octanol–water partition coefficient (Wildman–Crippen LogP) is 3.33. The molecule has 2 aromatic rings. The lowest BCUT2D eigenvalue weighted by Crippen LogP contribution is -2.35. The molecule has 4 heterocycles. The van der Waals surface area contributed by atoms with Crippen molar-refractivity contribution in [2.24, 2.45) is 5.92 Å². The summed E-state index contributed by atoms with van der Waals surface area (Å²) in [7, 11) is 0. The molecule has 0 aliphatic carbocycles. The number of aromatic nitrogens is 2. The number of hydrogen-bond acceptors (Lipinski definition) is 2. The lowest BCUT2D eigenvalue weighted by atomic mass is 9.89. The van der Waals surface area contributed by atoms with Gasteiger partial charge < -0.3 is 14.6 Å². The number of pyridine rings is 1. The minimum absolute atomic E-state index is 0.188. The Morgan fingerprint density at radius 1 is 1.48 bits per heavy atom. The Hall–Kier alpha value is -1.56. The molecule has 0 radical (unpaired) electrons. The van der Waals surface area contributed by atoms with Crippen molar-refractivity contribution in [3.05, 3.63) is 29.1 Å². The van der Waals surface area contributed by atoms with Gasteiger partial charge in [0, 0.05) is 30.2 Å². The van der Waals surface area contributed by atoms with E-state index in [1.165, 1.54) is 0 Å². The lowest BCUT2D eigenvalue weighted by molar-refractivity contribution is 0.135. The van der Waals surface area contributed by atoms with Gasteiger partial charge in [-0.25, -0.2) is 9.78 Å². The van der Waals surface area contributed by atoms with Crippen molar-refractivity contribution in [1.82, 2.24) is 14.5 Å². The number of nitrogens with zero attached hydrogens (tertiary/aromatic N) is 3. The van der Waals surface area contributed by atoms with Crippen LogP contribution in [0.1, 0.15) is 19.3 Å². The van der Waals surface area contributed by atoms with Crippen LogP contribution in [0.4, 0.5) is 4.79 Å². The first kappa shape index (κ1) is 13.1. The largest absolute Gasteiger partial charge is 0.465 e. The van der Waals surface area contributed by atoms with Crippen LogP contribution in [0.3, 0.4) is 0 Å². The first-order valence-corrected chi connectivity index (χ1v) is 8.04. The van der Waals surface area contributed by atoms with Gasteiger partial charge in [0.1, 0.15) is 4.60 Å². The van der Waals surface area contributed by atoms with Gasteiger partial charge in [-0.1, -0.05) is 0 Å². The maximum atomic E-state index is 11.4. The fourth-order valence-electron chi connectivity index (χ4n) is 4.08. The molecule has 6 heteroatoms.